The summed E-state index contributed by atoms with van der Waals surface area (Å²) in [6.45, 7) is 3.54. The molecule has 5 nitrogen and oxygen atoms in total. The summed E-state index contributed by atoms with van der Waals surface area (Å²) in [6.07, 6.45) is 3.35. The molecule has 1 aromatic carbocycles. The van der Waals surface area contributed by atoms with Crippen LogP contribution in [0.5, 0.6) is 11.5 Å². The van der Waals surface area contributed by atoms with Gasteiger partial charge in [0, 0.05) is 18.1 Å². The fraction of sp³-hybridized carbons (Fsp3) is 0.500. The van der Waals surface area contributed by atoms with Crippen LogP contribution in [0, 0.1) is 0 Å². The molecule has 0 aliphatic heterocycles. The third-order valence-electron chi connectivity index (χ3n) is 3.18. The summed E-state index contributed by atoms with van der Waals surface area (Å²) in [6, 6.07) is 3.20. The minimum atomic E-state index is -0.139. The first kappa shape index (κ1) is 17.0. The van der Waals surface area contributed by atoms with E-state index in [4.69, 9.17) is 9.47 Å². The number of hydrogen-bond acceptors (Lipinski definition) is 4. The standard InChI is InChI=1S/C16H23NO4/c1-5-6-7-8-16(19)17-13-10-15(21-4)14(20-3)9-12(13)11(2)18/h9-10H,5-8H2,1-4H3,(H,17,19). The Balaban J connectivity index is 2.98. The van der Waals surface area contributed by atoms with Crippen LogP contribution in [0.1, 0.15) is 49.9 Å². The number of hydrogen-bond donors (Lipinski definition) is 1. The van der Waals surface area contributed by atoms with Crippen molar-refractivity contribution in [2.24, 2.45) is 0 Å². The van der Waals surface area contributed by atoms with E-state index < -0.39 is 0 Å². The van der Waals surface area contributed by atoms with Gasteiger partial charge >= 0.3 is 0 Å². The van der Waals surface area contributed by atoms with E-state index in [9.17, 15) is 9.59 Å². The van der Waals surface area contributed by atoms with Crippen molar-refractivity contribution in [2.75, 3.05) is 19.5 Å². The molecule has 1 aromatic rings. The summed E-state index contributed by atoms with van der Waals surface area (Å²) in [5.41, 5.74) is 0.873. The SMILES string of the molecule is CCCCCC(=O)Nc1cc(OC)c(OC)cc1C(C)=O. The molecule has 116 valence electrons. The van der Waals surface area contributed by atoms with E-state index in [1.807, 2.05) is 0 Å². The zero-order valence-corrected chi connectivity index (χ0v) is 13.1. The first-order chi connectivity index (χ1) is 10.0. The van der Waals surface area contributed by atoms with Gasteiger partial charge in [-0.1, -0.05) is 19.8 Å². The Morgan fingerprint density at radius 1 is 1.10 bits per heavy atom. The first-order valence-electron chi connectivity index (χ1n) is 7.10. The van der Waals surface area contributed by atoms with Crippen LogP contribution in [0.25, 0.3) is 0 Å². The number of carbonyl (C=O) groups is 2. The van der Waals surface area contributed by atoms with Crippen molar-refractivity contribution >= 4 is 17.4 Å². The minimum absolute atomic E-state index is 0.0989. The molecule has 0 spiro atoms. The highest BCUT2D eigenvalue weighted by molar-refractivity contribution is 6.04. The Bertz CT molecular complexity index is 511. The Morgan fingerprint density at radius 3 is 2.24 bits per heavy atom. The van der Waals surface area contributed by atoms with Crippen LogP contribution in [0.15, 0.2) is 12.1 Å². The number of anilines is 1. The number of methoxy groups -OCH3 is 2. The number of benzene rings is 1. The predicted molar refractivity (Wildman–Crippen MR) is 82.3 cm³/mol. The van der Waals surface area contributed by atoms with Gasteiger partial charge in [0.15, 0.2) is 17.3 Å². The average molecular weight is 293 g/mol. The van der Waals surface area contributed by atoms with Crippen LogP contribution < -0.4 is 14.8 Å². The van der Waals surface area contributed by atoms with E-state index in [2.05, 4.69) is 12.2 Å². The molecule has 0 aromatic heterocycles. The molecule has 0 unspecified atom stereocenters. The number of Topliss-reactive ketones (excluding diaryl/α,β-unsaturated/α-hetero) is 1. The Kier molecular flexibility index (Phi) is 6.72. The highest BCUT2D eigenvalue weighted by Gasteiger charge is 2.15. The number of nitrogens with one attached hydrogen (secondary N) is 1. The van der Waals surface area contributed by atoms with Crippen molar-refractivity contribution in [1.82, 2.24) is 0 Å². The third kappa shape index (κ3) is 4.77. The van der Waals surface area contributed by atoms with Crippen molar-refractivity contribution in [2.45, 2.75) is 39.5 Å². The van der Waals surface area contributed by atoms with Gasteiger partial charge in [0.1, 0.15) is 0 Å². The number of amides is 1. The Hall–Kier alpha value is -2.04. The average Bonchev–Trinajstić information content (AvgIpc) is 2.46. The van der Waals surface area contributed by atoms with E-state index >= 15 is 0 Å². The number of rotatable bonds is 8. The maximum absolute atomic E-state index is 11.9. The fourth-order valence-corrected chi connectivity index (χ4v) is 2.02. The normalized spacial score (nSPS) is 10.1. The van der Waals surface area contributed by atoms with Gasteiger partial charge in [-0.15, -0.1) is 0 Å². The molecular formula is C16H23NO4. The van der Waals surface area contributed by atoms with Crippen molar-refractivity contribution in [3.8, 4) is 11.5 Å². The highest BCUT2D eigenvalue weighted by atomic mass is 16.5. The van der Waals surface area contributed by atoms with E-state index in [1.54, 1.807) is 12.1 Å². The lowest BCUT2D eigenvalue weighted by Gasteiger charge is -2.14. The van der Waals surface area contributed by atoms with Crippen molar-refractivity contribution in [3.05, 3.63) is 17.7 Å². The zero-order chi connectivity index (χ0) is 15.8. The monoisotopic (exact) mass is 293 g/mol. The summed E-state index contributed by atoms with van der Waals surface area (Å²) >= 11 is 0. The molecule has 0 atom stereocenters. The maximum Gasteiger partial charge on any atom is 0.224 e. The lowest BCUT2D eigenvalue weighted by atomic mass is 10.1. The van der Waals surface area contributed by atoms with Crippen LogP contribution in [0.3, 0.4) is 0 Å². The van der Waals surface area contributed by atoms with Crippen LogP contribution in [0.2, 0.25) is 0 Å². The smallest absolute Gasteiger partial charge is 0.224 e. The molecule has 0 radical (unpaired) electrons. The Morgan fingerprint density at radius 2 is 1.71 bits per heavy atom. The van der Waals surface area contributed by atoms with E-state index in [0.717, 1.165) is 19.3 Å². The molecule has 0 heterocycles. The zero-order valence-electron chi connectivity index (χ0n) is 13.1. The largest absolute Gasteiger partial charge is 0.493 e. The van der Waals surface area contributed by atoms with Gasteiger partial charge in [-0.25, -0.2) is 0 Å². The van der Waals surface area contributed by atoms with Crippen molar-refractivity contribution < 1.29 is 19.1 Å². The van der Waals surface area contributed by atoms with Gasteiger partial charge in [-0.3, -0.25) is 9.59 Å². The number of carbonyl (C=O) groups excluding carboxylic acids is 2. The second-order valence-electron chi connectivity index (χ2n) is 4.81. The summed E-state index contributed by atoms with van der Waals surface area (Å²) < 4.78 is 10.4. The van der Waals surface area contributed by atoms with Crippen LogP contribution in [0.4, 0.5) is 5.69 Å². The highest BCUT2D eigenvalue weighted by Crippen LogP contribution is 2.33. The quantitative estimate of drug-likeness (QED) is 0.589. The molecule has 0 saturated heterocycles. The molecule has 1 amide bonds. The summed E-state index contributed by atoms with van der Waals surface area (Å²) in [7, 11) is 3.02. The van der Waals surface area contributed by atoms with Crippen molar-refractivity contribution in [1.29, 1.82) is 0 Å². The molecule has 0 bridgehead atoms. The van der Waals surface area contributed by atoms with E-state index in [0.29, 0.717) is 29.2 Å². The van der Waals surface area contributed by atoms with Gasteiger partial charge in [0.05, 0.1) is 19.9 Å². The second-order valence-corrected chi connectivity index (χ2v) is 4.81. The fourth-order valence-electron chi connectivity index (χ4n) is 2.02. The van der Waals surface area contributed by atoms with Crippen LogP contribution >= 0.6 is 0 Å². The minimum Gasteiger partial charge on any atom is -0.493 e. The van der Waals surface area contributed by atoms with Crippen LogP contribution in [-0.2, 0) is 4.79 Å². The summed E-state index contributed by atoms with van der Waals surface area (Å²) in [4.78, 5) is 23.6. The topological polar surface area (TPSA) is 64.6 Å². The molecule has 21 heavy (non-hydrogen) atoms. The molecular weight excluding hydrogens is 270 g/mol. The van der Waals surface area contributed by atoms with Gasteiger partial charge in [-0.05, 0) is 19.4 Å². The van der Waals surface area contributed by atoms with Crippen molar-refractivity contribution in [3.63, 3.8) is 0 Å². The van der Waals surface area contributed by atoms with E-state index in [-0.39, 0.29) is 11.7 Å². The summed E-state index contributed by atoms with van der Waals surface area (Å²) in [5, 5.41) is 2.78. The van der Waals surface area contributed by atoms with Gasteiger partial charge < -0.3 is 14.8 Å². The lowest BCUT2D eigenvalue weighted by molar-refractivity contribution is -0.116. The molecule has 0 aliphatic rings. The Labute approximate surface area is 125 Å². The molecule has 1 N–H and O–H groups in total. The van der Waals surface area contributed by atoms with Gasteiger partial charge in [-0.2, -0.15) is 0 Å². The number of ether oxygens (including phenoxy) is 2. The first-order valence-corrected chi connectivity index (χ1v) is 7.10. The van der Waals surface area contributed by atoms with E-state index in [1.165, 1.54) is 21.1 Å². The van der Waals surface area contributed by atoms with Gasteiger partial charge in [0.2, 0.25) is 5.91 Å². The molecule has 5 heteroatoms. The van der Waals surface area contributed by atoms with Crippen LogP contribution in [-0.4, -0.2) is 25.9 Å². The molecule has 0 saturated carbocycles. The third-order valence-corrected chi connectivity index (χ3v) is 3.18. The summed E-state index contributed by atoms with van der Waals surface area (Å²) in [5.74, 6) is 0.705. The second kappa shape index (κ2) is 8.29. The van der Waals surface area contributed by atoms with Gasteiger partial charge in [0.25, 0.3) is 0 Å². The lowest BCUT2D eigenvalue weighted by Crippen LogP contribution is -2.14. The number of unbranched alkanes of at least 4 members (excludes halogenated alkanes) is 2. The molecule has 1 rings (SSSR count). The predicted octanol–water partition coefficient (Wildman–Crippen LogP) is 3.43. The molecule has 0 fully saturated rings. The molecule has 0 aliphatic carbocycles. The maximum atomic E-state index is 11.9. The number of ketones is 1.